The second kappa shape index (κ2) is 5.99. The number of fused-ring (bicyclic) bond motifs is 1. The Labute approximate surface area is 125 Å². The van der Waals surface area contributed by atoms with Crippen molar-refractivity contribution in [1.29, 1.82) is 0 Å². The molecule has 0 aromatic carbocycles. The third kappa shape index (κ3) is 3.16. The Hall–Kier alpha value is -1.66. The van der Waals surface area contributed by atoms with Gasteiger partial charge in [0.05, 0.1) is 18.5 Å². The lowest BCUT2D eigenvalue weighted by Gasteiger charge is -2.31. The molecule has 1 unspecified atom stereocenters. The molecule has 0 amide bonds. The first-order chi connectivity index (χ1) is 10.2. The molecule has 3 heterocycles. The van der Waals surface area contributed by atoms with Gasteiger partial charge in [0, 0.05) is 69.8 Å². The van der Waals surface area contributed by atoms with Crippen LogP contribution in [0.2, 0.25) is 0 Å². The molecule has 1 aliphatic rings. The van der Waals surface area contributed by atoms with Gasteiger partial charge in [0.1, 0.15) is 0 Å². The van der Waals surface area contributed by atoms with Crippen molar-refractivity contribution < 1.29 is 4.74 Å². The van der Waals surface area contributed by atoms with Crippen molar-refractivity contribution in [2.24, 2.45) is 14.1 Å². The molecule has 0 radical (unpaired) electrons. The van der Waals surface area contributed by atoms with Crippen molar-refractivity contribution in [3.63, 3.8) is 0 Å². The van der Waals surface area contributed by atoms with Crippen LogP contribution in [0.4, 0.5) is 0 Å². The molecule has 0 bridgehead atoms. The summed E-state index contributed by atoms with van der Waals surface area (Å²) >= 11 is 0. The van der Waals surface area contributed by atoms with E-state index in [-0.39, 0.29) is 0 Å². The van der Waals surface area contributed by atoms with Crippen molar-refractivity contribution in [3.05, 3.63) is 35.4 Å². The van der Waals surface area contributed by atoms with Crippen LogP contribution in [0.5, 0.6) is 0 Å². The number of hydrogen-bond acceptors (Lipinski definition) is 4. The molecule has 0 spiro atoms. The normalized spacial score (nSPS) is 18.9. The van der Waals surface area contributed by atoms with Gasteiger partial charge in [-0.1, -0.05) is 0 Å². The maximum absolute atomic E-state index is 5.65. The average Bonchev–Trinajstić information content (AvgIpc) is 3.01. The quantitative estimate of drug-likeness (QED) is 0.832. The lowest BCUT2D eigenvalue weighted by Crippen LogP contribution is -2.34. The minimum atomic E-state index is 0.353. The van der Waals surface area contributed by atoms with E-state index in [1.165, 1.54) is 16.8 Å². The van der Waals surface area contributed by atoms with Crippen LogP contribution in [0, 0.1) is 0 Å². The van der Waals surface area contributed by atoms with Crippen LogP contribution in [0.1, 0.15) is 29.7 Å². The van der Waals surface area contributed by atoms with Crippen LogP contribution in [-0.2, 0) is 31.9 Å². The van der Waals surface area contributed by atoms with Crippen molar-refractivity contribution in [1.82, 2.24) is 24.5 Å². The molecule has 1 atom stereocenters. The van der Waals surface area contributed by atoms with Gasteiger partial charge < -0.3 is 4.74 Å². The van der Waals surface area contributed by atoms with E-state index in [0.29, 0.717) is 5.92 Å². The van der Waals surface area contributed by atoms with E-state index in [0.717, 1.165) is 32.8 Å². The number of aryl methyl sites for hydroxylation is 2. The molecule has 2 aromatic rings. The van der Waals surface area contributed by atoms with E-state index in [1.807, 2.05) is 36.6 Å². The summed E-state index contributed by atoms with van der Waals surface area (Å²) in [6, 6.07) is 0. The summed E-state index contributed by atoms with van der Waals surface area (Å²) in [6.45, 7) is 6.38. The van der Waals surface area contributed by atoms with E-state index >= 15 is 0 Å². The molecule has 6 heteroatoms. The van der Waals surface area contributed by atoms with Crippen LogP contribution in [0.15, 0.2) is 18.6 Å². The second-order valence-electron chi connectivity index (χ2n) is 5.76. The highest BCUT2D eigenvalue weighted by Crippen LogP contribution is 2.28. The number of rotatable bonds is 5. The van der Waals surface area contributed by atoms with Gasteiger partial charge in [0.2, 0.25) is 0 Å². The molecule has 6 nitrogen and oxygen atoms in total. The Kier molecular flexibility index (Phi) is 4.07. The van der Waals surface area contributed by atoms with Crippen LogP contribution >= 0.6 is 0 Å². The summed E-state index contributed by atoms with van der Waals surface area (Å²) in [5, 5.41) is 8.87. The zero-order chi connectivity index (χ0) is 14.8. The van der Waals surface area contributed by atoms with Crippen molar-refractivity contribution >= 4 is 0 Å². The molecule has 0 N–H and O–H groups in total. The average molecular weight is 289 g/mol. The Morgan fingerprint density at radius 2 is 2.14 bits per heavy atom. The van der Waals surface area contributed by atoms with Crippen molar-refractivity contribution in [3.8, 4) is 0 Å². The summed E-state index contributed by atoms with van der Waals surface area (Å²) < 4.78 is 9.42. The molecule has 0 aliphatic carbocycles. The molecule has 3 rings (SSSR count). The molecule has 1 aliphatic heterocycles. The largest absolute Gasteiger partial charge is 0.381 e. The summed E-state index contributed by atoms with van der Waals surface area (Å²) in [7, 11) is 3.94. The number of nitrogens with zero attached hydrogens (tertiary/aromatic N) is 5. The van der Waals surface area contributed by atoms with Gasteiger partial charge >= 0.3 is 0 Å². The van der Waals surface area contributed by atoms with E-state index in [2.05, 4.69) is 27.5 Å². The smallest absolute Gasteiger partial charge is 0.0736 e. The van der Waals surface area contributed by atoms with E-state index in [1.54, 1.807) is 0 Å². The Bertz CT molecular complexity index is 603. The van der Waals surface area contributed by atoms with Gasteiger partial charge in [0.15, 0.2) is 0 Å². The summed E-state index contributed by atoms with van der Waals surface area (Å²) in [5.41, 5.74) is 3.77. The molecular formula is C15H23N5O. The highest BCUT2D eigenvalue weighted by atomic mass is 16.5. The molecule has 21 heavy (non-hydrogen) atoms. The molecule has 0 saturated carbocycles. The summed E-state index contributed by atoms with van der Waals surface area (Å²) in [4.78, 5) is 2.45. The molecule has 0 saturated heterocycles. The number of hydrogen-bond donors (Lipinski definition) is 0. The zero-order valence-corrected chi connectivity index (χ0v) is 13.0. The molecule has 0 fully saturated rings. The lowest BCUT2D eigenvalue weighted by molar-refractivity contribution is 0.104. The minimum absolute atomic E-state index is 0.353. The van der Waals surface area contributed by atoms with Gasteiger partial charge in [-0.15, -0.1) is 0 Å². The fraction of sp³-hybridized carbons (Fsp3) is 0.600. The highest BCUT2D eigenvalue weighted by Gasteiger charge is 2.28. The third-order valence-electron chi connectivity index (χ3n) is 3.88. The van der Waals surface area contributed by atoms with E-state index < -0.39 is 0 Å². The monoisotopic (exact) mass is 289 g/mol. The zero-order valence-electron chi connectivity index (χ0n) is 13.0. The Morgan fingerprint density at radius 1 is 1.29 bits per heavy atom. The Morgan fingerprint density at radius 3 is 2.86 bits per heavy atom. The maximum atomic E-state index is 5.65. The number of ether oxygens (including phenoxy) is 1. The fourth-order valence-electron chi connectivity index (χ4n) is 3.05. The van der Waals surface area contributed by atoms with E-state index in [4.69, 9.17) is 4.74 Å². The predicted molar refractivity (Wildman–Crippen MR) is 79.8 cm³/mol. The van der Waals surface area contributed by atoms with Crippen molar-refractivity contribution in [2.45, 2.75) is 25.9 Å². The summed E-state index contributed by atoms with van der Waals surface area (Å²) in [5.74, 6) is 0.353. The molecule has 2 aromatic heterocycles. The first-order valence-corrected chi connectivity index (χ1v) is 7.45. The van der Waals surface area contributed by atoms with Crippen LogP contribution < -0.4 is 0 Å². The third-order valence-corrected chi connectivity index (χ3v) is 3.88. The van der Waals surface area contributed by atoms with Crippen LogP contribution in [0.25, 0.3) is 0 Å². The van der Waals surface area contributed by atoms with Crippen molar-refractivity contribution in [2.75, 3.05) is 19.8 Å². The van der Waals surface area contributed by atoms with Gasteiger partial charge in [-0.05, 0) is 6.92 Å². The van der Waals surface area contributed by atoms with Crippen LogP contribution in [-0.4, -0.2) is 44.2 Å². The van der Waals surface area contributed by atoms with Gasteiger partial charge in [-0.25, -0.2) is 0 Å². The minimum Gasteiger partial charge on any atom is -0.381 e. The lowest BCUT2D eigenvalue weighted by atomic mass is 9.97. The maximum Gasteiger partial charge on any atom is 0.0736 e. The first kappa shape index (κ1) is 14.3. The van der Waals surface area contributed by atoms with Gasteiger partial charge in [-0.3, -0.25) is 14.3 Å². The standard InChI is InChI=1S/C15H23N5O/c1-4-21-11-14-10-20(7-12-5-16-18(2)6-12)9-13-8-19(3)17-15(13)14/h5-6,8,14H,4,7,9-11H2,1-3H3. The predicted octanol–water partition coefficient (Wildman–Crippen LogP) is 1.29. The fourth-order valence-corrected chi connectivity index (χ4v) is 3.05. The first-order valence-electron chi connectivity index (χ1n) is 7.45. The highest BCUT2D eigenvalue weighted by molar-refractivity contribution is 5.25. The summed E-state index contributed by atoms with van der Waals surface area (Å²) in [6.07, 6.45) is 6.15. The Balaban J connectivity index is 1.76. The number of aromatic nitrogens is 4. The van der Waals surface area contributed by atoms with E-state index in [9.17, 15) is 0 Å². The van der Waals surface area contributed by atoms with Crippen LogP contribution in [0.3, 0.4) is 0 Å². The molecule has 114 valence electrons. The van der Waals surface area contributed by atoms with Gasteiger partial charge in [-0.2, -0.15) is 10.2 Å². The van der Waals surface area contributed by atoms with Gasteiger partial charge in [0.25, 0.3) is 0 Å². The second-order valence-corrected chi connectivity index (χ2v) is 5.76. The topological polar surface area (TPSA) is 48.1 Å². The SMILES string of the molecule is CCOCC1CN(Cc2cnn(C)c2)Cc2cn(C)nc21. The molecular weight excluding hydrogens is 266 g/mol.